The van der Waals surface area contributed by atoms with Crippen LogP contribution in [0.1, 0.15) is 52.4 Å². The largest absolute Gasteiger partial charge is 0.313 e. The summed E-state index contributed by atoms with van der Waals surface area (Å²) in [6.45, 7) is 8.51. The third-order valence-electron chi connectivity index (χ3n) is 4.12. The predicted octanol–water partition coefficient (Wildman–Crippen LogP) is 2.64. The molecule has 1 atom stereocenters. The molecule has 2 aliphatic rings. The minimum atomic E-state index is 0.711. The van der Waals surface area contributed by atoms with E-state index in [4.69, 9.17) is 0 Å². The van der Waals surface area contributed by atoms with Gasteiger partial charge in [0.25, 0.3) is 0 Å². The van der Waals surface area contributed by atoms with Crippen LogP contribution in [0, 0.1) is 5.92 Å². The van der Waals surface area contributed by atoms with Crippen molar-refractivity contribution >= 4 is 0 Å². The third-order valence-corrected chi connectivity index (χ3v) is 4.12. The molecule has 1 heterocycles. The van der Waals surface area contributed by atoms with E-state index in [0.717, 1.165) is 12.0 Å². The first-order chi connectivity index (χ1) is 7.75. The summed E-state index contributed by atoms with van der Waals surface area (Å²) in [5.41, 5.74) is 0. The number of hydrogen-bond acceptors (Lipinski definition) is 2. The Hall–Kier alpha value is -0.0800. The molecule has 0 aromatic heterocycles. The molecule has 2 fully saturated rings. The van der Waals surface area contributed by atoms with Crippen LogP contribution < -0.4 is 5.32 Å². The standard InChI is InChI=1S/C14H28N2/c1-12(2)16(10-8-13-6-7-13)11-14-5-3-4-9-15-14/h12-15H,3-11H2,1-2H3. The second kappa shape index (κ2) is 6.02. The summed E-state index contributed by atoms with van der Waals surface area (Å²) in [5.74, 6) is 1.07. The van der Waals surface area contributed by atoms with E-state index in [1.54, 1.807) is 0 Å². The lowest BCUT2D eigenvalue weighted by Crippen LogP contribution is -2.46. The summed E-state index contributed by atoms with van der Waals surface area (Å²) in [6, 6.07) is 1.47. The van der Waals surface area contributed by atoms with Gasteiger partial charge in [0, 0.05) is 18.6 Å². The zero-order valence-electron chi connectivity index (χ0n) is 11.0. The van der Waals surface area contributed by atoms with Crippen LogP contribution in [0.4, 0.5) is 0 Å². The molecule has 2 heteroatoms. The Labute approximate surface area is 101 Å². The minimum absolute atomic E-state index is 0.711. The van der Waals surface area contributed by atoms with Gasteiger partial charge in [-0.25, -0.2) is 0 Å². The van der Waals surface area contributed by atoms with Crippen molar-refractivity contribution in [2.24, 2.45) is 5.92 Å². The van der Waals surface area contributed by atoms with Crippen LogP contribution in [0.2, 0.25) is 0 Å². The van der Waals surface area contributed by atoms with E-state index in [1.165, 1.54) is 58.2 Å². The van der Waals surface area contributed by atoms with Crippen LogP contribution in [0.5, 0.6) is 0 Å². The summed E-state index contributed by atoms with van der Waals surface area (Å²) in [7, 11) is 0. The van der Waals surface area contributed by atoms with Crippen LogP contribution in [0.25, 0.3) is 0 Å². The zero-order chi connectivity index (χ0) is 11.4. The molecule has 0 spiro atoms. The first kappa shape index (κ1) is 12.4. The Balaban J connectivity index is 1.71. The lowest BCUT2D eigenvalue weighted by molar-refractivity contribution is 0.180. The van der Waals surface area contributed by atoms with Gasteiger partial charge in [-0.05, 0) is 52.1 Å². The highest BCUT2D eigenvalue weighted by Crippen LogP contribution is 2.32. The molecule has 1 aliphatic heterocycles. The van der Waals surface area contributed by atoms with Gasteiger partial charge in [-0.1, -0.05) is 19.3 Å². The van der Waals surface area contributed by atoms with Crippen molar-refractivity contribution in [2.45, 2.75) is 64.5 Å². The minimum Gasteiger partial charge on any atom is -0.313 e. The van der Waals surface area contributed by atoms with Crippen molar-refractivity contribution in [3.63, 3.8) is 0 Å². The Bertz CT molecular complexity index is 193. The first-order valence-electron chi connectivity index (χ1n) is 7.23. The van der Waals surface area contributed by atoms with E-state index in [1.807, 2.05) is 0 Å². The fourth-order valence-corrected chi connectivity index (χ4v) is 2.68. The second-order valence-corrected chi connectivity index (χ2v) is 5.97. The van der Waals surface area contributed by atoms with Crippen LogP contribution >= 0.6 is 0 Å². The van der Waals surface area contributed by atoms with Gasteiger partial charge in [0.1, 0.15) is 0 Å². The van der Waals surface area contributed by atoms with Crippen LogP contribution in [0.3, 0.4) is 0 Å². The van der Waals surface area contributed by atoms with Gasteiger partial charge >= 0.3 is 0 Å². The van der Waals surface area contributed by atoms with E-state index in [0.29, 0.717) is 6.04 Å². The molecule has 0 aromatic carbocycles. The first-order valence-corrected chi connectivity index (χ1v) is 7.23. The van der Waals surface area contributed by atoms with E-state index >= 15 is 0 Å². The van der Waals surface area contributed by atoms with Gasteiger partial charge in [-0.2, -0.15) is 0 Å². The lowest BCUT2D eigenvalue weighted by Gasteiger charge is -2.33. The Morgan fingerprint density at radius 3 is 2.56 bits per heavy atom. The number of nitrogens with one attached hydrogen (secondary N) is 1. The highest BCUT2D eigenvalue weighted by molar-refractivity contribution is 4.80. The van der Waals surface area contributed by atoms with Gasteiger partial charge in [0.05, 0.1) is 0 Å². The van der Waals surface area contributed by atoms with E-state index in [9.17, 15) is 0 Å². The van der Waals surface area contributed by atoms with E-state index in [2.05, 4.69) is 24.1 Å². The van der Waals surface area contributed by atoms with Crippen LogP contribution in [-0.2, 0) is 0 Å². The molecule has 1 unspecified atom stereocenters. The number of hydrogen-bond donors (Lipinski definition) is 1. The fourth-order valence-electron chi connectivity index (χ4n) is 2.68. The number of nitrogens with zero attached hydrogens (tertiary/aromatic N) is 1. The average molecular weight is 224 g/mol. The summed E-state index contributed by atoms with van der Waals surface area (Å²) < 4.78 is 0. The van der Waals surface area contributed by atoms with Gasteiger partial charge in [-0.3, -0.25) is 4.90 Å². The Kier molecular flexibility index (Phi) is 4.66. The predicted molar refractivity (Wildman–Crippen MR) is 69.7 cm³/mol. The highest BCUT2D eigenvalue weighted by Gasteiger charge is 2.24. The van der Waals surface area contributed by atoms with E-state index < -0.39 is 0 Å². The van der Waals surface area contributed by atoms with Crippen molar-refractivity contribution in [2.75, 3.05) is 19.6 Å². The molecule has 0 aromatic rings. The van der Waals surface area contributed by atoms with Gasteiger partial charge < -0.3 is 5.32 Å². The summed E-state index contributed by atoms with van der Waals surface area (Å²) in [4.78, 5) is 2.68. The zero-order valence-corrected chi connectivity index (χ0v) is 11.0. The molecule has 1 aliphatic carbocycles. The van der Waals surface area contributed by atoms with Crippen molar-refractivity contribution in [1.82, 2.24) is 10.2 Å². The van der Waals surface area contributed by atoms with Gasteiger partial charge in [-0.15, -0.1) is 0 Å². The molecule has 16 heavy (non-hydrogen) atoms. The molecule has 1 saturated heterocycles. The third kappa shape index (κ3) is 4.06. The molecule has 1 saturated carbocycles. The maximum Gasteiger partial charge on any atom is 0.0195 e. The maximum absolute atomic E-state index is 3.67. The molecule has 0 amide bonds. The lowest BCUT2D eigenvalue weighted by atomic mass is 10.0. The molecular weight excluding hydrogens is 196 g/mol. The summed E-state index contributed by atoms with van der Waals surface area (Å²) in [6.07, 6.45) is 8.60. The molecule has 0 radical (unpaired) electrons. The smallest absolute Gasteiger partial charge is 0.0195 e. The van der Waals surface area contributed by atoms with Crippen molar-refractivity contribution in [3.05, 3.63) is 0 Å². The second-order valence-electron chi connectivity index (χ2n) is 5.97. The molecule has 2 nitrogen and oxygen atoms in total. The fraction of sp³-hybridized carbons (Fsp3) is 1.00. The monoisotopic (exact) mass is 224 g/mol. The topological polar surface area (TPSA) is 15.3 Å². The van der Waals surface area contributed by atoms with E-state index in [-0.39, 0.29) is 0 Å². The van der Waals surface area contributed by atoms with Crippen molar-refractivity contribution in [3.8, 4) is 0 Å². The molecule has 2 rings (SSSR count). The Morgan fingerprint density at radius 2 is 2.00 bits per heavy atom. The van der Waals surface area contributed by atoms with Crippen molar-refractivity contribution in [1.29, 1.82) is 0 Å². The van der Waals surface area contributed by atoms with Gasteiger partial charge in [0.2, 0.25) is 0 Å². The molecule has 0 bridgehead atoms. The SMILES string of the molecule is CC(C)N(CCC1CC1)CC1CCCCN1. The number of rotatable bonds is 6. The number of piperidine rings is 1. The summed E-state index contributed by atoms with van der Waals surface area (Å²) in [5, 5.41) is 3.67. The summed E-state index contributed by atoms with van der Waals surface area (Å²) >= 11 is 0. The van der Waals surface area contributed by atoms with Gasteiger partial charge in [0.15, 0.2) is 0 Å². The van der Waals surface area contributed by atoms with Crippen LogP contribution in [0.15, 0.2) is 0 Å². The molecule has 1 N–H and O–H groups in total. The quantitative estimate of drug-likeness (QED) is 0.746. The Morgan fingerprint density at radius 1 is 1.19 bits per heavy atom. The molecular formula is C14H28N2. The maximum atomic E-state index is 3.67. The van der Waals surface area contributed by atoms with Crippen LogP contribution in [-0.4, -0.2) is 36.6 Å². The highest BCUT2D eigenvalue weighted by atomic mass is 15.2. The normalized spacial score (nSPS) is 26.6. The molecule has 94 valence electrons. The van der Waals surface area contributed by atoms with Crippen molar-refractivity contribution < 1.29 is 0 Å². The average Bonchev–Trinajstić information content (AvgIpc) is 3.09.